The lowest BCUT2D eigenvalue weighted by molar-refractivity contribution is 0.174. The zero-order valence-electron chi connectivity index (χ0n) is 10.3. The van der Waals surface area contributed by atoms with Crippen molar-refractivity contribution in [1.82, 2.24) is 9.78 Å². The Morgan fingerprint density at radius 1 is 1.11 bits per heavy atom. The highest BCUT2D eigenvalue weighted by molar-refractivity contribution is 7.09. The minimum atomic E-state index is -0.552. The second kappa shape index (κ2) is 5.38. The molecule has 0 aliphatic heterocycles. The van der Waals surface area contributed by atoms with Gasteiger partial charge in [-0.15, -0.1) is 11.3 Å². The molecule has 0 fully saturated rings. The molecule has 1 aromatic carbocycles. The number of rotatable bonds is 4. The molecule has 2 aromatic heterocycles. The first-order valence-electron chi connectivity index (χ1n) is 6.14. The van der Waals surface area contributed by atoms with Crippen LogP contribution in [0.1, 0.15) is 16.7 Å². The predicted octanol–water partition coefficient (Wildman–Crippen LogP) is 3.21. The van der Waals surface area contributed by atoms with Crippen LogP contribution >= 0.6 is 11.3 Å². The summed E-state index contributed by atoms with van der Waals surface area (Å²) in [7, 11) is 0. The van der Waals surface area contributed by atoms with Gasteiger partial charge < -0.3 is 5.11 Å². The average molecular weight is 270 g/mol. The van der Waals surface area contributed by atoms with Gasteiger partial charge in [-0.2, -0.15) is 5.10 Å². The Morgan fingerprint density at radius 3 is 2.68 bits per heavy atom. The molecule has 3 nitrogen and oxygen atoms in total. The third-order valence-corrected chi connectivity index (χ3v) is 3.85. The monoisotopic (exact) mass is 270 g/mol. The van der Waals surface area contributed by atoms with Crippen LogP contribution in [-0.4, -0.2) is 14.9 Å². The van der Waals surface area contributed by atoms with Crippen LogP contribution in [0.5, 0.6) is 0 Å². The minimum absolute atomic E-state index is 0.552. The summed E-state index contributed by atoms with van der Waals surface area (Å²) in [4.78, 5) is 1.17. The van der Waals surface area contributed by atoms with E-state index in [0.29, 0.717) is 12.1 Å². The molecule has 1 N–H and O–H groups in total. The van der Waals surface area contributed by atoms with Crippen LogP contribution in [-0.2, 0) is 6.42 Å². The Kier molecular flexibility index (Phi) is 3.44. The molecular formula is C15H14N2OS. The van der Waals surface area contributed by atoms with Crippen LogP contribution in [0.25, 0.3) is 5.69 Å². The molecule has 0 saturated heterocycles. The minimum Gasteiger partial charge on any atom is -0.386 e. The lowest BCUT2D eigenvalue weighted by Gasteiger charge is -2.06. The maximum absolute atomic E-state index is 10.2. The van der Waals surface area contributed by atoms with Gasteiger partial charge in [0.25, 0.3) is 0 Å². The number of aliphatic hydroxyl groups is 1. The fourth-order valence-electron chi connectivity index (χ4n) is 1.96. The van der Waals surface area contributed by atoms with Gasteiger partial charge in [-0.1, -0.05) is 24.3 Å². The van der Waals surface area contributed by atoms with Crippen LogP contribution in [0, 0.1) is 0 Å². The van der Waals surface area contributed by atoms with E-state index in [2.05, 4.69) is 5.10 Å². The number of hydrogen-bond donors (Lipinski definition) is 1. The van der Waals surface area contributed by atoms with E-state index in [1.54, 1.807) is 16.0 Å². The van der Waals surface area contributed by atoms with E-state index in [1.165, 1.54) is 4.88 Å². The zero-order chi connectivity index (χ0) is 13.1. The van der Waals surface area contributed by atoms with Crippen molar-refractivity contribution in [3.8, 4) is 5.69 Å². The Balaban J connectivity index is 1.78. The molecule has 19 heavy (non-hydrogen) atoms. The molecule has 0 aliphatic carbocycles. The van der Waals surface area contributed by atoms with Crippen LogP contribution in [0.15, 0.2) is 60.1 Å². The van der Waals surface area contributed by atoms with Crippen molar-refractivity contribution < 1.29 is 5.11 Å². The number of para-hydroxylation sites is 1. The summed E-state index contributed by atoms with van der Waals surface area (Å²) < 4.78 is 1.78. The summed E-state index contributed by atoms with van der Waals surface area (Å²) in [6.07, 6.45) is 1.94. The van der Waals surface area contributed by atoms with E-state index < -0.39 is 6.10 Å². The van der Waals surface area contributed by atoms with Crippen molar-refractivity contribution in [2.45, 2.75) is 12.5 Å². The number of hydrogen-bond acceptors (Lipinski definition) is 3. The normalized spacial score (nSPS) is 12.5. The first-order valence-corrected chi connectivity index (χ1v) is 7.02. The SMILES string of the molecule is OC(Cc1cccs1)c1ccn(-c2ccccc2)n1. The van der Waals surface area contributed by atoms with Gasteiger partial charge in [-0.25, -0.2) is 4.68 Å². The molecule has 0 spiro atoms. The van der Waals surface area contributed by atoms with Gasteiger partial charge in [0.2, 0.25) is 0 Å². The molecule has 0 aliphatic rings. The number of aliphatic hydroxyl groups excluding tert-OH is 1. The highest BCUT2D eigenvalue weighted by Crippen LogP contribution is 2.20. The van der Waals surface area contributed by atoms with E-state index in [-0.39, 0.29) is 0 Å². The molecule has 96 valence electrons. The van der Waals surface area contributed by atoms with Crippen LogP contribution in [0.4, 0.5) is 0 Å². The highest BCUT2D eigenvalue weighted by atomic mass is 32.1. The first-order chi connectivity index (χ1) is 9.33. The van der Waals surface area contributed by atoms with Crippen LogP contribution in [0.3, 0.4) is 0 Å². The molecular weight excluding hydrogens is 256 g/mol. The van der Waals surface area contributed by atoms with Crippen LogP contribution < -0.4 is 0 Å². The standard InChI is InChI=1S/C15H14N2OS/c18-15(11-13-7-4-10-19-13)14-8-9-17(16-14)12-5-2-1-3-6-12/h1-10,15,18H,11H2. The molecule has 0 radical (unpaired) electrons. The highest BCUT2D eigenvalue weighted by Gasteiger charge is 2.12. The number of benzene rings is 1. The Bertz CT molecular complexity index is 631. The molecule has 3 aromatic rings. The maximum atomic E-state index is 10.2. The van der Waals surface area contributed by atoms with E-state index >= 15 is 0 Å². The number of aromatic nitrogens is 2. The van der Waals surface area contributed by atoms with Gasteiger partial charge in [0.15, 0.2) is 0 Å². The fraction of sp³-hybridized carbons (Fsp3) is 0.133. The van der Waals surface area contributed by atoms with E-state index in [0.717, 1.165) is 5.69 Å². The molecule has 3 rings (SSSR count). The molecule has 4 heteroatoms. The lowest BCUT2D eigenvalue weighted by atomic mass is 10.2. The van der Waals surface area contributed by atoms with Crippen molar-refractivity contribution in [2.24, 2.45) is 0 Å². The van der Waals surface area contributed by atoms with Gasteiger partial charge in [0, 0.05) is 17.5 Å². The van der Waals surface area contributed by atoms with Crippen molar-refractivity contribution in [3.05, 3.63) is 70.7 Å². The van der Waals surface area contributed by atoms with Gasteiger partial charge in [-0.05, 0) is 29.6 Å². The smallest absolute Gasteiger partial charge is 0.103 e. The van der Waals surface area contributed by atoms with Crippen molar-refractivity contribution in [2.75, 3.05) is 0 Å². The van der Waals surface area contributed by atoms with Gasteiger partial charge in [0.05, 0.1) is 11.4 Å². The summed E-state index contributed by atoms with van der Waals surface area (Å²) in [5.41, 5.74) is 1.70. The first kappa shape index (κ1) is 12.1. The molecule has 0 saturated carbocycles. The van der Waals surface area contributed by atoms with Gasteiger partial charge in [-0.3, -0.25) is 0 Å². The van der Waals surface area contributed by atoms with Crippen molar-refractivity contribution in [1.29, 1.82) is 0 Å². The van der Waals surface area contributed by atoms with Crippen molar-refractivity contribution in [3.63, 3.8) is 0 Å². The maximum Gasteiger partial charge on any atom is 0.103 e. The lowest BCUT2D eigenvalue weighted by Crippen LogP contribution is -2.03. The molecule has 0 amide bonds. The predicted molar refractivity (Wildman–Crippen MR) is 76.5 cm³/mol. The molecule has 0 bridgehead atoms. The largest absolute Gasteiger partial charge is 0.386 e. The third kappa shape index (κ3) is 2.75. The van der Waals surface area contributed by atoms with Gasteiger partial charge >= 0.3 is 0 Å². The molecule has 1 atom stereocenters. The quantitative estimate of drug-likeness (QED) is 0.790. The fourth-order valence-corrected chi connectivity index (χ4v) is 2.71. The Labute approximate surface area is 115 Å². The molecule has 1 unspecified atom stereocenters. The number of thiophene rings is 1. The second-order valence-corrected chi connectivity index (χ2v) is 5.35. The Morgan fingerprint density at radius 2 is 1.95 bits per heavy atom. The second-order valence-electron chi connectivity index (χ2n) is 4.32. The average Bonchev–Trinajstić information content (AvgIpc) is 3.10. The van der Waals surface area contributed by atoms with Crippen molar-refractivity contribution >= 4 is 11.3 Å². The summed E-state index contributed by atoms with van der Waals surface area (Å²) >= 11 is 1.65. The summed E-state index contributed by atoms with van der Waals surface area (Å²) in [6, 6.07) is 15.8. The van der Waals surface area contributed by atoms with Crippen LogP contribution in [0.2, 0.25) is 0 Å². The summed E-state index contributed by atoms with van der Waals surface area (Å²) in [5.74, 6) is 0. The van der Waals surface area contributed by atoms with E-state index in [1.807, 2.05) is 60.1 Å². The van der Waals surface area contributed by atoms with E-state index in [9.17, 15) is 5.11 Å². The summed E-state index contributed by atoms with van der Waals surface area (Å²) in [5, 5.41) is 16.6. The Hall–Kier alpha value is -1.91. The zero-order valence-corrected chi connectivity index (χ0v) is 11.1. The van der Waals surface area contributed by atoms with Gasteiger partial charge in [0.1, 0.15) is 6.10 Å². The molecule has 2 heterocycles. The summed E-state index contributed by atoms with van der Waals surface area (Å²) in [6.45, 7) is 0. The number of nitrogens with zero attached hydrogens (tertiary/aromatic N) is 2. The van der Waals surface area contributed by atoms with E-state index in [4.69, 9.17) is 0 Å². The third-order valence-electron chi connectivity index (χ3n) is 2.95. The topological polar surface area (TPSA) is 38.0 Å².